The fourth-order valence-corrected chi connectivity index (χ4v) is 1.99. The average Bonchev–Trinajstić information content (AvgIpc) is 2.41. The van der Waals surface area contributed by atoms with Crippen molar-refractivity contribution in [1.82, 2.24) is 0 Å². The zero-order chi connectivity index (χ0) is 15.6. The molecule has 1 atom stereocenters. The lowest BCUT2D eigenvalue weighted by molar-refractivity contribution is 0.0692. The van der Waals surface area contributed by atoms with Crippen molar-refractivity contribution in [2.24, 2.45) is 0 Å². The van der Waals surface area contributed by atoms with E-state index in [2.05, 4.69) is 5.32 Å². The van der Waals surface area contributed by atoms with Crippen LogP contribution in [0.1, 0.15) is 34.5 Å². The number of aryl methyl sites for hydroxylation is 1. The van der Waals surface area contributed by atoms with E-state index in [1.165, 1.54) is 18.2 Å². The summed E-state index contributed by atoms with van der Waals surface area (Å²) in [6, 6.07) is 8.44. The third-order valence-corrected chi connectivity index (χ3v) is 3.28. The zero-order valence-electron chi connectivity index (χ0n) is 11.7. The van der Waals surface area contributed by atoms with Crippen molar-refractivity contribution in [3.05, 3.63) is 64.7 Å². The summed E-state index contributed by atoms with van der Waals surface area (Å²) in [6.45, 7) is 3.49. The van der Waals surface area contributed by atoms with Crippen LogP contribution in [0.25, 0.3) is 0 Å². The molecule has 0 fully saturated rings. The number of aromatic carboxylic acids is 1. The van der Waals surface area contributed by atoms with Gasteiger partial charge in [-0.1, -0.05) is 12.1 Å². The third kappa shape index (κ3) is 3.37. The predicted molar refractivity (Wildman–Crippen MR) is 76.5 cm³/mol. The van der Waals surface area contributed by atoms with Crippen LogP contribution >= 0.6 is 0 Å². The number of carboxylic acids is 1. The number of anilines is 1. The van der Waals surface area contributed by atoms with Gasteiger partial charge in [0, 0.05) is 11.7 Å². The van der Waals surface area contributed by atoms with Crippen LogP contribution in [-0.4, -0.2) is 11.1 Å². The van der Waals surface area contributed by atoms with E-state index in [9.17, 15) is 13.6 Å². The lowest BCUT2D eigenvalue weighted by Crippen LogP contribution is -2.08. The Morgan fingerprint density at radius 3 is 2.43 bits per heavy atom. The summed E-state index contributed by atoms with van der Waals surface area (Å²) >= 11 is 0. The van der Waals surface area contributed by atoms with E-state index in [-0.39, 0.29) is 17.4 Å². The number of hydrogen-bond acceptors (Lipinski definition) is 2. The van der Waals surface area contributed by atoms with E-state index < -0.39 is 11.8 Å². The molecular formula is C16H15F2NO2. The number of carbonyl (C=O) groups is 1. The van der Waals surface area contributed by atoms with Crippen molar-refractivity contribution in [3.63, 3.8) is 0 Å². The highest BCUT2D eigenvalue weighted by Crippen LogP contribution is 2.22. The second-order valence-electron chi connectivity index (χ2n) is 4.87. The first kappa shape index (κ1) is 15.0. The molecule has 0 heterocycles. The van der Waals surface area contributed by atoms with Crippen molar-refractivity contribution in [2.45, 2.75) is 19.9 Å². The Kier molecular flexibility index (Phi) is 4.21. The minimum absolute atomic E-state index is 0.241. The fraction of sp³-hybridized carbons (Fsp3) is 0.188. The Morgan fingerprint density at radius 2 is 1.86 bits per heavy atom. The van der Waals surface area contributed by atoms with E-state index in [4.69, 9.17) is 5.11 Å². The first-order valence-corrected chi connectivity index (χ1v) is 6.44. The standard InChI is InChI=1S/C16H15F2NO2/c1-9-3-4-11(7-14(9)17)10(2)19-12-5-6-13(16(20)21)15(18)8-12/h3-8,10,19H,1-2H3,(H,20,21). The van der Waals surface area contributed by atoms with Crippen molar-refractivity contribution in [2.75, 3.05) is 5.32 Å². The molecule has 3 nitrogen and oxygen atoms in total. The molecule has 0 amide bonds. The van der Waals surface area contributed by atoms with Gasteiger partial charge in [0.15, 0.2) is 0 Å². The first-order valence-electron chi connectivity index (χ1n) is 6.44. The minimum Gasteiger partial charge on any atom is -0.478 e. The number of halogens is 2. The Balaban J connectivity index is 2.19. The molecule has 0 bridgehead atoms. The summed E-state index contributed by atoms with van der Waals surface area (Å²) in [5.74, 6) is -2.42. The summed E-state index contributed by atoms with van der Waals surface area (Å²) in [7, 11) is 0. The smallest absolute Gasteiger partial charge is 0.338 e. The second-order valence-corrected chi connectivity index (χ2v) is 4.87. The van der Waals surface area contributed by atoms with E-state index in [0.717, 1.165) is 11.6 Å². The van der Waals surface area contributed by atoms with Gasteiger partial charge >= 0.3 is 5.97 Å². The van der Waals surface area contributed by atoms with Crippen LogP contribution in [0.5, 0.6) is 0 Å². The highest BCUT2D eigenvalue weighted by atomic mass is 19.1. The molecule has 0 saturated heterocycles. The molecule has 110 valence electrons. The highest BCUT2D eigenvalue weighted by Gasteiger charge is 2.12. The Labute approximate surface area is 121 Å². The molecule has 5 heteroatoms. The van der Waals surface area contributed by atoms with E-state index in [1.54, 1.807) is 19.1 Å². The number of benzene rings is 2. The van der Waals surface area contributed by atoms with Gasteiger partial charge in [-0.15, -0.1) is 0 Å². The van der Waals surface area contributed by atoms with Gasteiger partial charge in [-0.2, -0.15) is 0 Å². The Morgan fingerprint density at radius 1 is 1.14 bits per heavy atom. The largest absolute Gasteiger partial charge is 0.478 e. The van der Waals surface area contributed by atoms with Crippen LogP contribution in [0.15, 0.2) is 36.4 Å². The van der Waals surface area contributed by atoms with Crippen LogP contribution in [0.2, 0.25) is 0 Å². The van der Waals surface area contributed by atoms with E-state index in [0.29, 0.717) is 11.3 Å². The van der Waals surface area contributed by atoms with Gasteiger partial charge in [0.1, 0.15) is 11.6 Å². The molecule has 0 aromatic heterocycles. The van der Waals surface area contributed by atoms with Crippen LogP contribution in [-0.2, 0) is 0 Å². The maximum absolute atomic E-state index is 13.6. The minimum atomic E-state index is -1.31. The van der Waals surface area contributed by atoms with Gasteiger partial charge in [-0.3, -0.25) is 0 Å². The van der Waals surface area contributed by atoms with Crippen LogP contribution < -0.4 is 5.32 Å². The zero-order valence-corrected chi connectivity index (χ0v) is 11.7. The number of rotatable bonds is 4. The molecule has 2 N–H and O–H groups in total. The molecule has 2 aromatic carbocycles. The lowest BCUT2D eigenvalue weighted by atomic mass is 10.1. The molecule has 0 aliphatic rings. The van der Waals surface area contributed by atoms with Crippen LogP contribution in [0.4, 0.5) is 14.5 Å². The van der Waals surface area contributed by atoms with Crippen molar-refractivity contribution in [3.8, 4) is 0 Å². The summed E-state index contributed by atoms with van der Waals surface area (Å²) in [5.41, 5.74) is 1.34. The van der Waals surface area contributed by atoms with Gasteiger partial charge in [-0.25, -0.2) is 13.6 Å². The highest BCUT2D eigenvalue weighted by molar-refractivity contribution is 5.88. The molecule has 0 spiro atoms. The molecule has 1 unspecified atom stereocenters. The second kappa shape index (κ2) is 5.91. The third-order valence-electron chi connectivity index (χ3n) is 3.28. The lowest BCUT2D eigenvalue weighted by Gasteiger charge is -2.16. The summed E-state index contributed by atoms with van der Waals surface area (Å²) in [5, 5.41) is 11.8. The van der Waals surface area contributed by atoms with Gasteiger partial charge < -0.3 is 10.4 Å². The summed E-state index contributed by atoms with van der Waals surface area (Å²) in [6.07, 6.45) is 0. The quantitative estimate of drug-likeness (QED) is 0.890. The maximum atomic E-state index is 13.6. The number of carboxylic acid groups (broad SMARTS) is 1. The molecular weight excluding hydrogens is 276 g/mol. The molecule has 0 radical (unpaired) electrons. The maximum Gasteiger partial charge on any atom is 0.338 e. The SMILES string of the molecule is Cc1ccc(C(C)Nc2ccc(C(=O)O)c(F)c2)cc1F. The molecule has 0 aliphatic carbocycles. The van der Waals surface area contributed by atoms with Gasteiger partial charge in [0.25, 0.3) is 0 Å². The number of nitrogens with one attached hydrogen (secondary N) is 1. The average molecular weight is 291 g/mol. The summed E-state index contributed by atoms with van der Waals surface area (Å²) < 4.78 is 27.1. The fourth-order valence-electron chi connectivity index (χ4n) is 1.99. The first-order chi connectivity index (χ1) is 9.88. The Bertz CT molecular complexity index is 686. The van der Waals surface area contributed by atoms with Crippen LogP contribution in [0.3, 0.4) is 0 Å². The molecule has 21 heavy (non-hydrogen) atoms. The van der Waals surface area contributed by atoms with E-state index >= 15 is 0 Å². The predicted octanol–water partition coefficient (Wildman–Crippen LogP) is 4.14. The van der Waals surface area contributed by atoms with Gasteiger partial charge in [0.2, 0.25) is 0 Å². The van der Waals surface area contributed by atoms with Crippen molar-refractivity contribution >= 4 is 11.7 Å². The number of hydrogen-bond donors (Lipinski definition) is 2. The molecule has 0 aliphatic heterocycles. The molecule has 0 saturated carbocycles. The van der Waals surface area contributed by atoms with Gasteiger partial charge in [0.05, 0.1) is 5.56 Å². The van der Waals surface area contributed by atoms with Crippen molar-refractivity contribution < 1.29 is 18.7 Å². The van der Waals surface area contributed by atoms with Crippen LogP contribution in [0, 0.1) is 18.6 Å². The monoisotopic (exact) mass is 291 g/mol. The van der Waals surface area contributed by atoms with Gasteiger partial charge in [-0.05, 0) is 49.2 Å². The molecule has 2 aromatic rings. The normalized spacial score (nSPS) is 12.0. The topological polar surface area (TPSA) is 49.3 Å². The van der Waals surface area contributed by atoms with Crippen molar-refractivity contribution in [1.29, 1.82) is 0 Å². The molecule has 2 rings (SSSR count). The van der Waals surface area contributed by atoms with E-state index in [1.807, 2.05) is 6.92 Å². The summed E-state index contributed by atoms with van der Waals surface area (Å²) in [4.78, 5) is 10.7. The Hall–Kier alpha value is -2.43.